The molecule has 1 fully saturated rings. The minimum atomic E-state index is -0.268. The third-order valence-corrected chi connectivity index (χ3v) is 6.45. The molecule has 0 bridgehead atoms. The molecule has 7 heteroatoms. The second-order valence-electron chi connectivity index (χ2n) is 9.12. The van der Waals surface area contributed by atoms with Gasteiger partial charge in [0.05, 0.1) is 51.4 Å². The van der Waals surface area contributed by atoms with Gasteiger partial charge in [0.1, 0.15) is 5.82 Å². The number of nitrogens with zero attached hydrogens (tertiary/aromatic N) is 4. The summed E-state index contributed by atoms with van der Waals surface area (Å²) in [5.41, 5.74) is 7.21. The van der Waals surface area contributed by atoms with E-state index in [1.165, 1.54) is 12.1 Å². The number of halogens is 1. The number of rotatable bonds is 4. The van der Waals surface area contributed by atoms with Crippen LogP contribution >= 0.6 is 0 Å². The second-order valence-corrected chi connectivity index (χ2v) is 9.12. The van der Waals surface area contributed by atoms with Crippen LogP contribution in [0.3, 0.4) is 0 Å². The number of para-hydroxylation sites is 2. The lowest BCUT2D eigenvalue weighted by Gasteiger charge is -2.22. The van der Waals surface area contributed by atoms with Crippen LogP contribution in [0.5, 0.6) is 0 Å². The van der Waals surface area contributed by atoms with E-state index in [1.54, 1.807) is 12.1 Å². The number of aryl methyl sites for hydroxylation is 1. The first-order chi connectivity index (χ1) is 17.6. The average molecular weight is 480 g/mol. The molecule has 3 aromatic rings. The van der Waals surface area contributed by atoms with Crippen LogP contribution in [-0.2, 0) is 4.74 Å². The van der Waals surface area contributed by atoms with Gasteiger partial charge in [0.15, 0.2) is 0 Å². The second kappa shape index (κ2) is 9.51. The van der Waals surface area contributed by atoms with E-state index in [4.69, 9.17) is 14.7 Å². The average Bonchev–Trinajstić information content (AvgIpc) is 2.89. The van der Waals surface area contributed by atoms with E-state index in [0.29, 0.717) is 13.2 Å². The Morgan fingerprint density at radius 2 is 1.81 bits per heavy atom. The molecule has 6 rings (SSSR count). The maximum atomic E-state index is 13.8. The van der Waals surface area contributed by atoms with Gasteiger partial charge in [-0.2, -0.15) is 0 Å². The van der Waals surface area contributed by atoms with Crippen LogP contribution in [-0.4, -0.2) is 33.8 Å². The number of fused-ring (bicyclic) bond motifs is 2. The fourth-order valence-corrected chi connectivity index (χ4v) is 4.71. The van der Waals surface area contributed by atoms with Crippen molar-refractivity contribution in [2.24, 2.45) is 4.99 Å². The monoisotopic (exact) mass is 479 g/mol. The van der Waals surface area contributed by atoms with Gasteiger partial charge in [-0.3, -0.25) is 9.98 Å². The van der Waals surface area contributed by atoms with E-state index < -0.39 is 0 Å². The van der Waals surface area contributed by atoms with Crippen LogP contribution in [0, 0.1) is 12.7 Å². The van der Waals surface area contributed by atoms with Crippen LogP contribution in [0.15, 0.2) is 84.1 Å². The van der Waals surface area contributed by atoms with Gasteiger partial charge in [-0.1, -0.05) is 12.1 Å². The Hall–Kier alpha value is -4.10. The predicted octanol–water partition coefficient (Wildman–Crippen LogP) is 5.80. The van der Waals surface area contributed by atoms with Crippen molar-refractivity contribution in [2.45, 2.75) is 25.8 Å². The van der Waals surface area contributed by atoms with Gasteiger partial charge < -0.3 is 14.6 Å². The zero-order valence-electron chi connectivity index (χ0n) is 20.0. The quantitative estimate of drug-likeness (QED) is 0.331. The summed E-state index contributed by atoms with van der Waals surface area (Å²) < 4.78 is 21.5. The van der Waals surface area contributed by atoms with Gasteiger partial charge in [0.25, 0.3) is 0 Å². The van der Waals surface area contributed by atoms with Crippen molar-refractivity contribution in [1.82, 2.24) is 14.5 Å². The molecule has 2 aliphatic heterocycles. The van der Waals surface area contributed by atoms with Gasteiger partial charge in [-0.15, -0.1) is 0 Å². The highest BCUT2D eigenvalue weighted by atomic mass is 19.1. The van der Waals surface area contributed by atoms with Gasteiger partial charge in [0.2, 0.25) is 0 Å². The zero-order valence-corrected chi connectivity index (χ0v) is 20.0. The van der Waals surface area contributed by atoms with E-state index in [0.717, 1.165) is 63.2 Å². The summed E-state index contributed by atoms with van der Waals surface area (Å²) >= 11 is 0. The van der Waals surface area contributed by atoms with Gasteiger partial charge in [-0.25, -0.2) is 9.37 Å². The Balaban J connectivity index is 1.62. The zero-order chi connectivity index (χ0) is 24.5. The first-order valence-corrected chi connectivity index (χ1v) is 12.2. The molecule has 36 heavy (non-hydrogen) atoms. The van der Waals surface area contributed by atoms with Crippen molar-refractivity contribution in [1.29, 1.82) is 0 Å². The van der Waals surface area contributed by atoms with Crippen molar-refractivity contribution in [2.75, 3.05) is 18.5 Å². The molecule has 0 unspecified atom stereocenters. The van der Waals surface area contributed by atoms with Crippen LogP contribution in [0.2, 0.25) is 0 Å². The van der Waals surface area contributed by atoms with Gasteiger partial charge in [-0.05, 0) is 79.9 Å². The normalized spacial score (nSPS) is 15.0. The van der Waals surface area contributed by atoms with E-state index in [-0.39, 0.29) is 11.9 Å². The summed E-state index contributed by atoms with van der Waals surface area (Å²) in [7, 11) is 0. The molecule has 1 aliphatic carbocycles. The molecule has 1 aromatic heterocycles. The topological polar surface area (TPSA) is 64.3 Å². The molecule has 0 saturated carbocycles. The number of hydrogen-bond donors (Lipinski definition) is 1. The summed E-state index contributed by atoms with van der Waals surface area (Å²) in [5, 5.41) is 4.37. The van der Waals surface area contributed by atoms with Crippen molar-refractivity contribution < 1.29 is 9.13 Å². The molecule has 3 heterocycles. The number of benzene rings is 3. The third-order valence-electron chi connectivity index (χ3n) is 6.45. The lowest BCUT2D eigenvalue weighted by Crippen LogP contribution is -2.23. The fourth-order valence-electron chi connectivity index (χ4n) is 4.71. The number of pyridine rings is 1. The Morgan fingerprint density at radius 1 is 1.00 bits per heavy atom. The molecular weight excluding hydrogens is 453 g/mol. The summed E-state index contributed by atoms with van der Waals surface area (Å²) in [5.74, 6) is -0.268. The van der Waals surface area contributed by atoms with Crippen LogP contribution in [0.1, 0.15) is 18.4 Å². The highest BCUT2D eigenvalue weighted by Crippen LogP contribution is 2.30. The fraction of sp³-hybridized carbons (Fsp3) is 0.207. The SMILES string of the molecule is Cc1cncc(Nc2cc3nc4ccccc4n(-c4ccc(F)cc4)c-3c/c2=N\C2CCOCC2)c1. The van der Waals surface area contributed by atoms with E-state index in [9.17, 15) is 4.39 Å². The summed E-state index contributed by atoms with van der Waals surface area (Å²) in [6.07, 6.45) is 5.41. The molecule has 0 spiro atoms. The van der Waals surface area contributed by atoms with Crippen LogP contribution in [0.4, 0.5) is 15.8 Å². The number of ether oxygens (including phenoxy) is 1. The molecule has 1 saturated heterocycles. The molecular formula is C29H26FN5O. The summed E-state index contributed by atoms with van der Waals surface area (Å²) in [6, 6.07) is 20.9. The predicted molar refractivity (Wildman–Crippen MR) is 139 cm³/mol. The van der Waals surface area contributed by atoms with E-state index in [2.05, 4.69) is 27.0 Å². The van der Waals surface area contributed by atoms with Crippen molar-refractivity contribution in [3.8, 4) is 17.1 Å². The lowest BCUT2D eigenvalue weighted by molar-refractivity contribution is 0.0864. The molecule has 0 atom stereocenters. The Bertz CT molecular complexity index is 1570. The lowest BCUT2D eigenvalue weighted by atomic mass is 10.1. The van der Waals surface area contributed by atoms with E-state index >= 15 is 0 Å². The molecule has 2 aromatic carbocycles. The maximum Gasteiger partial charge on any atom is 0.123 e. The molecule has 180 valence electrons. The first-order valence-electron chi connectivity index (χ1n) is 12.2. The first kappa shape index (κ1) is 22.4. The minimum absolute atomic E-state index is 0.181. The molecule has 1 N–H and O–H groups in total. The smallest absolute Gasteiger partial charge is 0.123 e. The Labute approximate surface area is 208 Å². The highest BCUT2D eigenvalue weighted by Gasteiger charge is 2.18. The number of nitrogens with one attached hydrogen (secondary N) is 1. The molecule has 6 nitrogen and oxygen atoms in total. The van der Waals surface area contributed by atoms with Gasteiger partial charge >= 0.3 is 0 Å². The van der Waals surface area contributed by atoms with Crippen LogP contribution < -0.4 is 10.7 Å². The molecule has 0 amide bonds. The van der Waals surface area contributed by atoms with Gasteiger partial charge in [0, 0.05) is 25.1 Å². The summed E-state index contributed by atoms with van der Waals surface area (Å²) in [6.45, 7) is 3.45. The van der Waals surface area contributed by atoms with E-state index in [1.807, 2.05) is 49.6 Å². The largest absolute Gasteiger partial charge is 0.381 e. The standard InChI is InChI=1S/C29H26FN5O/c1-19-14-22(18-31-17-19)33-25-15-27-29(16-26(25)32-21-10-12-36-13-11-21)35(23-8-6-20(30)7-9-23)28-5-3-2-4-24(28)34-27/h2-9,14-18,21,33H,10-13H2,1H3/b32-26+. The van der Waals surface area contributed by atoms with Crippen molar-refractivity contribution in [3.63, 3.8) is 0 Å². The number of aromatic nitrogens is 3. The Morgan fingerprint density at radius 3 is 2.61 bits per heavy atom. The van der Waals surface area contributed by atoms with Crippen molar-refractivity contribution in [3.05, 3.63) is 95.9 Å². The maximum absolute atomic E-state index is 13.8. The van der Waals surface area contributed by atoms with Crippen molar-refractivity contribution >= 4 is 22.4 Å². The molecule has 3 aliphatic rings. The summed E-state index contributed by atoms with van der Waals surface area (Å²) in [4.78, 5) is 14.5. The highest BCUT2D eigenvalue weighted by molar-refractivity contribution is 5.84. The molecule has 0 radical (unpaired) electrons. The van der Waals surface area contributed by atoms with Crippen LogP contribution in [0.25, 0.3) is 28.1 Å². The minimum Gasteiger partial charge on any atom is -0.381 e. The number of anilines is 2. The third kappa shape index (κ3) is 4.45. The Kier molecular flexibility index (Phi) is 5.91. The number of hydrogen-bond acceptors (Lipinski definition) is 5.